The van der Waals surface area contributed by atoms with Crippen molar-refractivity contribution in [3.8, 4) is 5.75 Å². The number of hydrogen-bond donors (Lipinski definition) is 0. The van der Waals surface area contributed by atoms with E-state index >= 15 is 0 Å². The van der Waals surface area contributed by atoms with E-state index < -0.39 is 11.9 Å². The first-order valence-electron chi connectivity index (χ1n) is 8.23. The number of benzene rings is 2. The summed E-state index contributed by atoms with van der Waals surface area (Å²) in [6.07, 6.45) is 1.06. The van der Waals surface area contributed by atoms with Crippen molar-refractivity contribution < 1.29 is 24.5 Å². The zero-order valence-corrected chi connectivity index (χ0v) is 16.6. The highest BCUT2D eigenvalue weighted by Gasteiger charge is 2.10. The zero-order valence-electron chi connectivity index (χ0n) is 15.8. The highest BCUT2D eigenvalue weighted by molar-refractivity contribution is 7.99. The van der Waals surface area contributed by atoms with Crippen LogP contribution in [0.5, 0.6) is 5.75 Å². The smallest absolute Gasteiger partial charge is 0.118 e. The lowest BCUT2D eigenvalue weighted by Crippen LogP contribution is -2.42. The molecule has 6 nitrogen and oxygen atoms in total. The topological polar surface area (TPSA) is 92.7 Å². The van der Waals surface area contributed by atoms with Crippen LogP contribution in [0, 0.1) is 0 Å². The first-order chi connectivity index (χ1) is 12.7. The Kier molecular flexibility index (Phi) is 9.39. The maximum absolute atomic E-state index is 8.93. The summed E-state index contributed by atoms with van der Waals surface area (Å²) in [5, 5.41) is 17.9. The summed E-state index contributed by atoms with van der Waals surface area (Å²) in [7, 11) is 5.95. The van der Waals surface area contributed by atoms with Crippen molar-refractivity contribution in [2.24, 2.45) is 0 Å². The predicted molar refractivity (Wildman–Crippen MR) is 100 cm³/mol. The predicted octanol–water partition coefficient (Wildman–Crippen LogP) is 0.825. The number of carbonyl (C=O) groups is 2. The van der Waals surface area contributed by atoms with Gasteiger partial charge in [0.25, 0.3) is 0 Å². The molecule has 0 aliphatic carbocycles. The van der Waals surface area contributed by atoms with E-state index in [1.807, 2.05) is 23.9 Å². The first-order valence-corrected chi connectivity index (χ1v) is 9.04. The second kappa shape index (κ2) is 11.3. The molecule has 0 aromatic heterocycles. The van der Waals surface area contributed by atoms with Gasteiger partial charge in [-0.1, -0.05) is 30.0 Å². The lowest BCUT2D eigenvalue weighted by atomic mass is 10.1. The van der Waals surface area contributed by atoms with Gasteiger partial charge in [-0.2, -0.15) is 0 Å². The molecule has 0 saturated carbocycles. The Morgan fingerprint density at radius 1 is 1.04 bits per heavy atom. The lowest BCUT2D eigenvalue weighted by Gasteiger charge is -2.21. The standard InChI is InChI=1S/C18H23NOS.C2H2O4/c1-14(19(2)3)13-15-7-5-6-8-18(15)21-17-11-9-16(20-4)10-12-17;3-1(4)2(5)6/h5-12,14H,13H2,1-4H3;(H,3,4)(H,5,6)/p-2. The van der Waals surface area contributed by atoms with Crippen LogP contribution in [-0.4, -0.2) is 44.1 Å². The summed E-state index contributed by atoms with van der Waals surface area (Å²) >= 11 is 1.81. The number of carboxylic acids is 2. The Hall–Kier alpha value is -2.51. The molecule has 0 fully saturated rings. The lowest BCUT2D eigenvalue weighted by molar-refractivity contribution is -0.345. The molecule has 2 aromatic carbocycles. The van der Waals surface area contributed by atoms with Crippen molar-refractivity contribution in [3.05, 3.63) is 54.1 Å². The Labute approximate surface area is 163 Å². The fourth-order valence-corrected chi connectivity index (χ4v) is 3.00. The van der Waals surface area contributed by atoms with Crippen LogP contribution in [0.3, 0.4) is 0 Å². The van der Waals surface area contributed by atoms with Gasteiger partial charge in [-0.15, -0.1) is 0 Å². The molecule has 146 valence electrons. The Morgan fingerprint density at radius 2 is 1.59 bits per heavy atom. The van der Waals surface area contributed by atoms with Gasteiger partial charge in [-0.25, -0.2) is 0 Å². The molecule has 2 rings (SSSR count). The molecule has 2 aromatic rings. The first kappa shape index (κ1) is 22.5. The number of ether oxygens (including phenoxy) is 1. The molecule has 0 saturated heterocycles. The summed E-state index contributed by atoms with van der Waals surface area (Å²) in [4.78, 5) is 22.7. The Bertz CT molecular complexity index is 734. The largest absolute Gasteiger partial charge is 0.543 e. The van der Waals surface area contributed by atoms with Gasteiger partial charge in [0.15, 0.2) is 0 Å². The Morgan fingerprint density at radius 3 is 2.07 bits per heavy atom. The minimum Gasteiger partial charge on any atom is -0.543 e. The number of likely N-dealkylation sites (N-methyl/N-ethyl adjacent to an activating group) is 1. The van der Waals surface area contributed by atoms with Crippen LogP contribution in [0.1, 0.15) is 12.5 Å². The van der Waals surface area contributed by atoms with Crippen molar-refractivity contribution >= 4 is 23.7 Å². The van der Waals surface area contributed by atoms with Gasteiger partial charge in [0.05, 0.1) is 19.0 Å². The third-order valence-corrected chi connectivity index (χ3v) is 4.95. The molecular weight excluding hydrogens is 366 g/mol. The molecule has 0 aliphatic heterocycles. The van der Waals surface area contributed by atoms with Crippen molar-refractivity contribution in [1.29, 1.82) is 0 Å². The second-order valence-corrected chi connectivity index (χ2v) is 7.09. The maximum Gasteiger partial charge on any atom is 0.118 e. The molecule has 0 bridgehead atoms. The van der Waals surface area contributed by atoms with E-state index in [1.54, 1.807) is 7.11 Å². The number of hydrogen-bond acceptors (Lipinski definition) is 7. The van der Waals surface area contributed by atoms with Crippen LogP contribution in [0.15, 0.2) is 58.3 Å². The van der Waals surface area contributed by atoms with Gasteiger partial charge < -0.3 is 29.4 Å². The number of nitrogens with zero attached hydrogens (tertiary/aromatic N) is 1. The van der Waals surface area contributed by atoms with Gasteiger partial charge in [-0.3, -0.25) is 0 Å². The number of carboxylic acid groups (broad SMARTS) is 2. The van der Waals surface area contributed by atoms with Crippen LogP contribution < -0.4 is 14.9 Å². The van der Waals surface area contributed by atoms with Crippen LogP contribution in [0.2, 0.25) is 0 Å². The fourth-order valence-electron chi connectivity index (χ4n) is 2.04. The molecule has 0 radical (unpaired) electrons. The maximum atomic E-state index is 8.93. The van der Waals surface area contributed by atoms with E-state index in [0.29, 0.717) is 6.04 Å². The summed E-state index contributed by atoms with van der Waals surface area (Å²) in [5.41, 5.74) is 1.40. The third-order valence-electron chi connectivity index (χ3n) is 3.82. The monoisotopic (exact) mass is 389 g/mol. The normalized spacial score (nSPS) is 11.3. The molecule has 0 heterocycles. The Balaban J connectivity index is 0.000000527. The zero-order chi connectivity index (χ0) is 20.4. The summed E-state index contributed by atoms with van der Waals surface area (Å²) in [5.74, 6) is -3.47. The summed E-state index contributed by atoms with van der Waals surface area (Å²) in [6, 6.07) is 17.4. The molecule has 0 spiro atoms. The SMILES string of the molecule is COc1ccc(Sc2ccccc2CC(C)N(C)C)cc1.O=C([O-])C(=O)[O-]. The van der Waals surface area contributed by atoms with Gasteiger partial charge in [0, 0.05) is 15.8 Å². The van der Waals surface area contributed by atoms with Crippen LogP contribution in [0.4, 0.5) is 0 Å². The number of rotatable bonds is 6. The highest BCUT2D eigenvalue weighted by atomic mass is 32.2. The summed E-state index contributed by atoms with van der Waals surface area (Å²) < 4.78 is 5.21. The van der Waals surface area contributed by atoms with Crippen LogP contribution in [0.25, 0.3) is 0 Å². The molecule has 7 heteroatoms. The number of carbonyl (C=O) groups excluding carboxylic acids is 2. The summed E-state index contributed by atoms with van der Waals surface area (Å²) in [6.45, 7) is 2.26. The van der Waals surface area contributed by atoms with E-state index in [2.05, 4.69) is 62.3 Å². The van der Waals surface area contributed by atoms with E-state index in [0.717, 1.165) is 12.2 Å². The molecule has 1 atom stereocenters. The fraction of sp³-hybridized carbons (Fsp3) is 0.300. The average Bonchev–Trinajstić information content (AvgIpc) is 2.64. The average molecular weight is 389 g/mol. The van der Waals surface area contributed by atoms with Gasteiger partial charge in [-0.05, 0) is 63.3 Å². The van der Waals surface area contributed by atoms with Crippen molar-refractivity contribution in [3.63, 3.8) is 0 Å². The van der Waals surface area contributed by atoms with Gasteiger partial charge in [0.1, 0.15) is 5.75 Å². The van der Waals surface area contributed by atoms with Crippen molar-refractivity contribution in [2.75, 3.05) is 21.2 Å². The third kappa shape index (κ3) is 8.15. The van der Waals surface area contributed by atoms with Crippen LogP contribution in [-0.2, 0) is 16.0 Å². The number of aliphatic carboxylic acids is 2. The van der Waals surface area contributed by atoms with Crippen molar-refractivity contribution in [1.82, 2.24) is 4.90 Å². The number of methoxy groups -OCH3 is 1. The van der Waals surface area contributed by atoms with E-state index in [9.17, 15) is 0 Å². The molecule has 1 unspecified atom stereocenters. The molecule has 0 aliphatic rings. The van der Waals surface area contributed by atoms with Gasteiger partial charge >= 0.3 is 0 Å². The van der Waals surface area contributed by atoms with Crippen molar-refractivity contribution in [2.45, 2.75) is 29.2 Å². The van der Waals surface area contributed by atoms with E-state index in [1.165, 1.54) is 15.4 Å². The minimum absolute atomic E-state index is 0.530. The molecule has 0 N–H and O–H groups in total. The second-order valence-electron chi connectivity index (χ2n) is 5.98. The molecule has 0 amide bonds. The van der Waals surface area contributed by atoms with E-state index in [4.69, 9.17) is 24.5 Å². The molecular formula is C20H23NO5S-2. The van der Waals surface area contributed by atoms with E-state index in [-0.39, 0.29) is 0 Å². The molecule has 27 heavy (non-hydrogen) atoms. The quantitative estimate of drug-likeness (QED) is 0.676. The van der Waals surface area contributed by atoms with Gasteiger partial charge in [0.2, 0.25) is 0 Å². The minimum atomic E-state index is -2.19. The highest BCUT2D eigenvalue weighted by Crippen LogP contribution is 2.32. The van der Waals surface area contributed by atoms with Crippen LogP contribution >= 0.6 is 11.8 Å².